The zero-order valence-electron chi connectivity index (χ0n) is 13.7. The van der Waals surface area contributed by atoms with E-state index in [-0.39, 0.29) is 0 Å². The van der Waals surface area contributed by atoms with Crippen LogP contribution in [0.3, 0.4) is 0 Å². The molecule has 0 aliphatic carbocycles. The predicted molar refractivity (Wildman–Crippen MR) is 97.0 cm³/mol. The third kappa shape index (κ3) is 0.173. The van der Waals surface area contributed by atoms with E-state index in [4.69, 9.17) is 0 Å². The van der Waals surface area contributed by atoms with Gasteiger partial charge in [-0.2, -0.15) is 0 Å². The van der Waals surface area contributed by atoms with Crippen LogP contribution in [-0.4, -0.2) is 4.05 Å². The zero-order valence-corrected chi connectivity index (χ0v) is 15.8. The summed E-state index contributed by atoms with van der Waals surface area (Å²) in [5.41, 5.74) is 2.55. The van der Waals surface area contributed by atoms with Crippen LogP contribution in [0.4, 0.5) is 0 Å². The van der Waals surface area contributed by atoms with Crippen molar-refractivity contribution in [3.8, 4) is 11.1 Å². The molecule has 0 bridgehead atoms. The molecule has 2 aromatic carbocycles. The van der Waals surface area contributed by atoms with Gasteiger partial charge in [-0.25, -0.2) is 0 Å². The van der Waals surface area contributed by atoms with Crippen LogP contribution < -0.4 is 5.30 Å². The average Bonchev–Trinajstić information content (AvgIpc) is 3.61. The topological polar surface area (TPSA) is 17.1 Å². The summed E-state index contributed by atoms with van der Waals surface area (Å²) in [4.78, 5) is 11.1. The zero-order chi connectivity index (χ0) is 15.7. The molecule has 1 nitrogen and oxygen atoms in total. The van der Waals surface area contributed by atoms with Crippen LogP contribution in [0.15, 0.2) is 54.6 Å². The van der Waals surface area contributed by atoms with E-state index in [2.05, 4.69) is 54.6 Å². The molecule has 0 radical (unpaired) electrons. The Bertz CT molecular complexity index is 1470. The first-order chi connectivity index (χ1) is 12.0. The van der Waals surface area contributed by atoms with Crippen LogP contribution in [-0.2, 0) is 11.1 Å². The standard InChI is InChI=1S/C17H14OP.C5H5.Fe/c18-19(15-10-4-5-11-15)17-13-7-6-12-16(17)14-8-2-1-3-9-14;1-2-4-5-3-1;/h1-13,19H;1-5H;. The van der Waals surface area contributed by atoms with Gasteiger partial charge in [-0.05, 0) is 0 Å². The molecule has 12 rings (SSSR count). The molecule has 10 aliphatic rings. The van der Waals surface area contributed by atoms with Gasteiger partial charge in [0.2, 0.25) is 0 Å². The van der Waals surface area contributed by atoms with E-state index in [0.29, 0.717) is 4.05 Å². The monoisotopic (exact) mass is 386 g/mol. The maximum absolute atomic E-state index is 14.4. The molecule has 10 heterocycles. The van der Waals surface area contributed by atoms with Gasteiger partial charge in [0.15, 0.2) is 0 Å². The maximum atomic E-state index is 14.4. The van der Waals surface area contributed by atoms with Gasteiger partial charge >= 0.3 is 137 Å². The second kappa shape index (κ2) is 1.18. The van der Waals surface area contributed by atoms with E-state index in [1.165, 1.54) is 50.1 Å². The van der Waals surface area contributed by atoms with Crippen LogP contribution in [0, 0.1) is 0 Å². The van der Waals surface area contributed by atoms with Gasteiger partial charge in [0.25, 0.3) is 0 Å². The Labute approximate surface area is 137 Å². The Kier molecular flexibility index (Phi) is 0.498. The minimum absolute atomic E-state index is 0.522. The average molecular weight is 386 g/mol. The molecule has 10 saturated heterocycles. The Morgan fingerprint density at radius 3 is 1.80 bits per heavy atom. The van der Waals surface area contributed by atoms with Gasteiger partial charge in [0.1, 0.15) is 0 Å². The summed E-state index contributed by atoms with van der Waals surface area (Å²) < 4.78 is 14.9. The van der Waals surface area contributed by atoms with Gasteiger partial charge in [-0.3, -0.25) is 0 Å². The molecular weight excluding hydrogens is 367 g/mol. The summed E-state index contributed by atoms with van der Waals surface area (Å²) in [5, 5.41) is 1.27. The molecule has 10 fully saturated rings. The Hall–Kier alpha value is -0.811. The van der Waals surface area contributed by atoms with E-state index >= 15 is 0 Å². The summed E-state index contributed by atoms with van der Waals surface area (Å²) in [6.07, 6.45) is 0. The van der Waals surface area contributed by atoms with Gasteiger partial charge in [-0.1, -0.05) is 0 Å². The van der Waals surface area contributed by atoms with E-state index in [9.17, 15) is 4.57 Å². The van der Waals surface area contributed by atoms with Gasteiger partial charge < -0.3 is 0 Å². The predicted octanol–water partition coefficient (Wildman–Crippen LogP) is 5.84. The molecule has 5 unspecified atom stereocenters. The van der Waals surface area contributed by atoms with Gasteiger partial charge in [-0.15, -0.1) is 0 Å². The molecule has 10 aliphatic heterocycles. The van der Waals surface area contributed by atoms with Crippen molar-refractivity contribution in [1.29, 1.82) is 0 Å². The fraction of sp³-hybridized carbons (Fsp3) is 0.455. The fourth-order valence-corrected chi connectivity index (χ4v) is 107. The quantitative estimate of drug-likeness (QED) is 0.479. The van der Waals surface area contributed by atoms with E-state index in [0.717, 1.165) is 9.63 Å². The van der Waals surface area contributed by atoms with Crippen LogP contribution in [0.2, 0.25) is 43.3 Å². The van der Waals surface area contributed by atoms with Crippen molar-refractivity contribution in [3.05, 3.63) is 54.6 Å². The number of rotatable bonds is 3. The summed E-state index contributed by atoms with van der Waals surface area (Å²) >= 11 is 0. The number of fused-ring (bicyclic) bond motifs is 10. The van der Waals surface area contributed by atoms with Crippen LogP contribution in [0.1, 0.15) is 0 Å². The van der Waals surface area contributed by atoms with Crippen molar-refractivity contribution in [1.82, 2.24) is 0 Å². The molecular formula is C22H19FeOP. The Morgan fingerprint density at radius 2 is 1.28 bits per heavy atom. The summed E-state index contributed by atoms with van der Waals surface area (Å²) in [6, 6.07) is 19.5. The minimum atomic E-state index is -3.27. The number of benzene rings is 2. The summed E-state index contributed by atoms with van der Waals surface area (Å²) in [6.45, 7) is -3.27. The molecule has 0 aromatic heterocycles. The Balaban J connectivity index is 1.22. The number of hydrogen-bond acceptors (Lipinski definition) is 1. The van der Waals surface area contributed by atoms with Gasteiger partial charge in [0.05, 0.1) is 0 Å². The van der Waals surface area contributed by atoms with Crippen molar-refractivity contribution in [2.75, 3.05) is 0 Å². The van der Waals surface area contributed by atoms with E-state index < -0.39 is 14.3 Å². The molecule has 0 amide bonds. The third-order valence-electron chi connectivity index (χ3n) is 17.3. The van der Waals surface area contributed by atoms with Crippen molar-refractivity contribution >= 4 is 13.1 Å². The van der Waals surface area contributed by atoms with Crippen LogP contribution >= 0.6 is 7.80 Å². The first-order valence-electron chi connectivity index (χ1n) is 9.95. The van der Waals surface area contributed by atoms with E-state index in [1.54, 1.807) is 0 Å². The van der Waals surface area contributed by atoms with Gasteiger partial charge in [0, 0.05) is 0 Å². The van der Waals surface area contributed by atoms with Crippen molar-refractivity contribution in [3.63, 3.8) is 0 Å². The molecule has 2 aromatic rings. The molecule has 0 N–H and O–H groups in total. The Morgan fingerprint density at radius 1 is 0.720 bits per heavy atom. The summed E-state index contributed by atoms with van der Waals surface area (Å²) in [7, 11) is -1.65. The van der Waals surface area contributed by atoms with Crippen LogP contribution in [0.5, 0.6) is 0 Å². The second-order valence-electron chi connectivity index (χ2n) is 12.9. The molecule has 5 atom stereocenters. The normalized spacial score (nSPS) is 85.8. The molecule has 126 valence electrons. The second-order valence-corrected chi connectivity index (χ2v) is 39.0. The van der Waals surface area contributed by atoms with Crippen molar-refractivity contribution < 1.29 is 11.1 Å². The molecule has 0 saturated carbocycles. The SMILES string of the molecule is O=[PH](c1ccccc1-c1ccccc1)[C]12[CH]3[CH]4[CH]5[CH]1[Fe]45321678[CH]2[CH]1[CH]6[CH]7[CH]28. The van der Waals surface area contributed by atoms with Crippen LogP contribution in [0.25, 0.3) is 11.1 Å². The first-order valence-corrected chi connectivity index (χ1v) is 17.6. The molecule has 25 heavy (non-hydrogen) atoms. The first kappa shape index (κ1) is 10.5. The summed E-state index contributed by atoms with van der Waals surface area (Å²) in [5.74, 6) is 0. The third-order valence-corrected chi connectivity index (χ3v) is 66.7. The van der Waals surface area contributed by atoms with E-state index in [1.807, 2.05) is 0 Å². The molecule has 3 heteroatoms. The number of hydrogen-bond donors (Lipinski definition) is 0. The van der Waals surface area contributed by atoms with Crippen molar-refractivity contribution in [2.24, 2.45) is 0 Å². The fourth-order valence-electron chi connectivity index (χ4n) is 18.6. The van der Waals surface area contributed by atoms with Crippen molar-refractivity contribution in [2.45, 2.75) is 47.4 Å². The molecule has 1 spiro atoms.